The number of nitrogens with two attached hydrogens (primary N) is 2. The summed E-state index contributed by atoms with van der Waals surface area (Å²) in [5.74, 6) is 4.34. The van der Waals surface area contributed by atoms with Crippen LogP contribution in [0.25, 0.3) is 0 Å². The molecular weight excluding hydrogens is 290 g/mol. The maximum absolute atomic E-state index is 11.7. The van der Waals surface area contributed by atoms with Crippen LogP contribution in [0.5, 0.6) is 0 Å². The van der Waals surface area contributed by atoms with E-state index in [2.05, 4.69) is 12.2 Å². The quantitative estimate of drug-likeness (QED) is 0.258. The second kappa shape index (κ2) is 5.99. The van der Waals surface area contributed by atoms with Crippen molar-refractivity contribution >= 4 is 34.6 Å². The van der Waals surface area contributed by atoms with Crippen molar-refractivity contribution in [3.8, 4) is 0 Å². The number of hydrogen-bond acceptors (Lipinski definition) is 7. The Balaban J connectivity index is 3.28. The van der Waals surface area contributed by atoms with Crippen molar-refractivity contribution in [2.75, 3.05) is 0 Å². The number of nitro groups is 2. The molecule has 0 saturated carbocycles. The van der Waals surface area contributed by atoms with Gasteiger partial charge < -0.3 is 5.73 Å². The maximum atomic E-state index is 11.7. The Labute approximate surface area is 117 Å². The molecular formula is C9H9N5O5S. The average Bonchev–Trinajstić information content (AvgIpc) is 2.37. The lowest BCUT2D eigenvalue weighted by molar-refractivity contribution is -0.395. The molecule has 4 N–H and O–H groups in total. The van der Waals surface area contributed by atoms with Crippen molar-refractivity contribution in [3.63, 3.8) is 0 Å². The van der Waals surface area contributed by atoms with Crippen molar-refractivity contribution in [2.45, 2.75) is 6.42 Å². The van der Waals surface area contributed by atoms with E-state index >= 15 is 0 Å². The van der Waals surface area contributed by atoms with Gasteiger partial charge in [0.1, 0.15) is 5.56 Å². The maximum Gasteiger partial charge on any atom is 0.280 e. The van der Waals surface area contributed by atoms with E-state index < -0.39 is 38.7 Å². The lowest BCUT2D eigenvalue weighted by atomic mass is 10.1. The minimum Gasteiger partial charge on any atom is -0.375 e. The summed E-state index contributed by atoms with van der Waals surface area (Å²) in [5, 5.41) is 21.7. The largest absolute Gasteiger partial charge is 0.375 e. The Kier molecular flexibility index (Phi) is 4.61. The molecule has 0 unspecified atom stereocenters. The summed E-state index contributed by atoms with van der Waals surface area (Å²) in [6.45, 7) is 0. The predicted octanol–water partition coefficient (Wildman–Crippen LogP) is -0.00860. The Morgan fingerprint density at radius 3 is 2.05 bits per heavy atom. The number of nitrogens with zero attached hydrogens (tertiary/aromatic N) is 3. The normalized spacial score (nSPS) is 9.85. The topological polar surface area (TPSA) is 159 Å². The van der Waals surface area contributed by atoms with Gasteiger partial charge in [-0.15, -0.1) is 0 Å². The molecule has 0 spiro atoms. The second-order valence-corrected chi connectivity index (χ2v) is 3.99. The SMILES string of the molecule is NC(=S)N(N)C(=O)Cc1c([N+](=O)[O-])cccc1[N+](=O)[O-]. The summed E-state index contributed by atoms with van der Waals surface area (Å²) in [6.07, 6.45) is -0.665. The van der Waals surface area contributed by atoms with E-state index in [1.807, 2.05) is 0 Å². The highest BCUT2D eigenvalue weighted by Crippen LogP contribution is 2.28. The molecule has 1 amide bonds. The number of thiocarbonyl (C=S) groups is 1. The van der Waals surface area contributed by atoms with E-state index in [4.69, 9.17) is 11.6 Å². The van der Waals surface area contributed by atoms with Gasteiger partial charge in [-0.05, 0) is 18.3 Å². The average molecular weight is 299 g/mol. The van der Waals surface area contributed by atoms with Crippen LogP contribution in [0.1, 0.15) is 5.56 Å². The lowest BCUT2D eigenvalue weighted by Crippen LogP contribution is -2.46. The molecule has 10 nitrogen and oxygen atoms in total. The predicted molar refractivity (Wildman–Crippen MR) is 71.3 cm³/mol. The van der Waals surface area contributed by atoms with Gasteiger partial charge in [-0.25, -0.2) is 10.9 Å². The summed E-state index contributed by atoms with van der Waals surface area (Å²) in [5.41, 5.74) is 3.66. The molecule has 1 aromatic rings. The highest BCUT2D eigenvalue weighted by molar-refractivity contribution is 7.80. The van der Waals surface area contributed by atoms with Crippen molar-refractivity contribution in [3.05, 3.63) is 44.0 Å². The third-order valence-corrected chi connectivity index (χ3v) is 2.55. The van der Waals surface area contributed by atoms with E-state index in [0.29, 0.717) is 5.01 Å². The number of hydrogen-bond donors (Lipinski definition) is 2. The van der Waals surface area contributed by atoms with Crippen molar-refractivity contribution in [1.29, 1.82) is 0 Å². The van der Waals surface area contributed by atoms with E-state index in [9.17, 15) is 25.0 Å². The summed E-state index contributed by atoms with van der Waals surface area (Å²) in [7, 11) is 0. The summed E-state index contributed by atoms with van der Waals surface area (Å²) in [4.78, 5) is 31.8. The van der Waals surface area contributed by atoms with E-state index in [1.165, 1.54) is 0 Å². The first-order valence-electron chi connectivity index (χ1n) is 5.03. The van der Waals surface area contributed by atoms with Crippen LogP contribution in [-0.2, 0) is 11.2 Å². The molecule has 0 saturated heterocycles. The van der Waals surface area contributed by atoms with Gasteiger partial charge in [-0.3, -0.25) is 25.0 Å². The Bertz CT molecular complexity index is 572. The minimum atomic E-state index is -0.894. The van der Waals surface area contributed by atoms with Crippen LogP contribution in [0.3, 0.4) is 0 Å². The van der Waals surface area contributed by atoms with Gasteiger partial charge in [0.25, 0.3) is 11.4 Å². The van der Waals surface area contributed by atoms with Crippen LogP contribution < -0.4 is 11.6 Å². The Morgan fingerprint density at radius 1 is 1.25 bits per heavy atom. The van der Waals surface area contributed by atoms with Crippen LogP contribution in [-0.4, -0.2) is 25.9 Å². The summed E-state index contributed by atoms with van der Waals surface area (Å²) >= 11 is 4.47. The number of amides is 1. The molecule has 106 valence electrons. The first kappa shape index (κ1) is 15.4. The molecule has 0 bridgehead atoms. The van der Waals surface area contributed by atoms with Crippen LogP contribution in [0.4, 0.5) is 11.4 Å². The highest BCUT2D eigenvalue weighted by atomic mass is 32.1. The van der Waals surface area contributed by atoms with Crippen LogP contribution in [0, 0.1) is 20.2 Å². The molecule has 0 aliphatic carbocycles. The summed E-state index contributed by atoms with van der Waals surface area (Å²) in [6, 6.07) is 3.26. The zero-order valence-electron chi connectivity index (χ0n) is 9.88. The van der Waals surface area contributed by atoms with Crippen molar-refractivity contribution < 1.29 is 14.6 Å². The van der Waals surface area contributed by atoms with Crippen LogP contribution in [0.15, 0.2) is 18.2 Å². The molecule has 20 heavy (non-hydrogen) atoms. The molecule has 0 aromatic heterocycles. The molecule has 1 rings (SSSR count). The third kappa shape index (κ3) is 3.21. The number of nitro benzene ring substituents is 2. The molecule has 0 radical (unpaired) electrons. The minimum absolute atomic E-state index is 0.362. The monoisotopic (exact) mass is 299 g/mol. The highest BCUT2D eigenvalue weighted by Gasteiger charge is 2.28. The van der Waals surface area contributed by atoms with Gasteiger partial charge >= 0.3 is 0 Å². The van der Waals surface area contributed by atoms with Crippen molar-refractivity contribution in [1.82, 2.24) is 5.01 Å². The molecule has 0 atom stereocenters. The van der Waals surface area contributed by atoms with Gasteiger partial charge in [0.2, 0.25) is 5.91 Å². The molecule has 0 heterocycles. The number of hydrazine groups is 1. The van der Waals surface area contributed by atoms with Gasteiger partial charge in [0, 0.05) is 12.1 Å². The standard InChI is InChI=1S/C9H9N5O5S/c10-9(20)12(11)8(15)4-5-6(13(16)17)2-1-3-7(5)14(18)19/h1-3H,4,11H2,(H2,10,20). The van der Waals surface area contributed by atoms with Crippen LogP contribution >= 0.6 is 12.2 Å². The van der Waals surface area contributed by atoms with Gasteiger partial charge in [0.15, 0.2) is 5.11 Å². The molecule has 0 aliphatic rings. The molecule has 1 aromatic carbocycles. The first-order valence-corrected chi connectivity index (χ1v) is 5.44. The third-order valence-electron chi connectivity index (χ3n) is 2.35. The zero-order chi connectivity index (χ0) is 15.4. The Hall–Kier alpha value is -2.66. The number of carbonyl (C=O) groups excluding carboxylic acids is 1. The summed E-state index contributed by atoms with van der Waals surface area (Å²) < 4.78 is 0. The number of carbonyl (C=O) groups is 1. The molecule has 0 fully saturated rings. The van der Waals surface area contributed by atoms with E-state index in [-0.39, 0.29) is 5.56 Å². The fourth-order valence-corrected chi connectivity index (χ4v) is 1.55. The van der Waals surface area contributed by atoms with Crippen molar-refractivity contribution in [2.24, 2.45) is 11.6 Å². The van der Waals surface area contributed by atoms with E-state index in [1.54, 1.807) is 0 Å². The number of rotatable bonds is 4. The molecule has 0 aliphatic heterocycles. The van der Waals surface area contributed by atoms with E-state index in [0.717, 1.165) is 18.2 Å². The zero-order valence-corrected chi connectivity index (χ0v) is 10.7. The van der Waals surface area contributed by atoms with Gasteiger partial charge in [-0.2, -0.15) is 0 Å². The lowest BCUT2D eigenvalue weighted by Gasteiger charge is -2.13. The van der Waals surface area contributed by atoms with Gasteiger partial charge in [0.05, 0.1) is 16.3 Å². The fraction of sp³-hybridized carbons (Fsp3) is 0.111. The second-order valence-electron chi connectivity index (χ2n) is 3.57. The van der Waals surface area contributed by atoms with Gasteiger partial charge in [-0.1, -0.05) is 0 Å². The smallest absolute Gasteiger partial charge is 0.280 e. The fourth-order valence-electron chi connectivity index (χ4n) is 1.45. The van der Waals surface area contributed by atoms with Crippen LogP contribution in [0.2, 0.25) is 0 Å². The Morgan fingerprint density at radius 2 is 1.70 bits per heavy atom. The number of benzene rings is 1. The molecule has 11 heteroatoms. The first-order chi connectivity index (χ1) is 9.25.